The van der Waals surface area contributed by atoms with Crippen LogP contribution in [0, 0.1) is 0 Å². The second-order valence-corrected chi connectivity index (χ2v) is 6.27. The first-order valence-corrected chi connectivity index (χ1v) is 8.67. The number of nitrogens with two attached hydrogens (primary N) is 1. The molecule has 1 aromatic carbocycles. The molecule has 0 radical (unpaired) electrons. The van der Waals surface area contributed by atoms with Crippen LogP contribution in [0.15, 0.2) is 18.2 Å². The predicted octanol–water partition coefficient (Wildman–Crippen LogP) is 1.91. The molecule has 0 saturated carbocycles. The molecule has 26 heavy (non-hydrogen) atoms. The molecule has 1 aliphatic heterocycles. The van der Waals surface area contributed by atoms with Crippen LogP contribution < -0.4 is 10.6 Å². The van der Waals surface area contributed by atoms with Gasteiger partial charge < -0.3 is 19.1 Å². The van der Waals surface area contributed by atoms with Gasteiger partial charge in [-0.05, 0) is 31.5 Å². The van der Waals surface area contributed by atoms with Crippen molar-refractivity contribution < 1.29 is 23.8 Å². The number of nitrogens with zero attached hydrogens (tertiary/aromatic N) is 2. The van der Waals surface area contributed by atoms with Crippen LogP contribution in [0.5, 0.6) is 5.75 Å². The lowest BCUT2D eigenvalue weighted by molar-refractivity contribution is -0.0301. The van der Waals surface area contributed by atoms with Gasteiger partial charge in [-0.2, -0.15) is 0 Å². The molecule has 0 aliphatic carbocycles. The lowest BCUT2D eigenvalue weighted by Gasteiger charge is -2.40. The minimum Gasteiger partial charge on any atom is -0.496 e. The Balaban J connectivity index is 2.16. The standard InChI is InChI=1S/C17H24ClN3O5/c1-4-26-17(23)20-8-7-13(15(10-20)25-3)21(19)16(22)12-9-11(18)5-6-14(12)24-2/h5-6,9,13,15H,4,7-8,10,19H2,1-3H3/t13-,15+/m0/s1. The summed E-state index contributed by atoms with van der Waals surface area (Å²) in [5.41, 5.74) is 0.269. The molecule has 2 amide bonds. The minimum absolute atomic E-state index is 0.269. The number of rotatable bonds is 5. The number of carbonyl (C=O) groups excluding carboxylic acids is 2. The fraction of sp³-hybridized carbons (Fsp3) is 0.529. The summed E-state index contributed by atoms with van der Waals surface area (Å²) in [7, 11) is 2.99. The molecular formula is C17H24ClN3O5. The number of piperidine rings is 1. The Kier molecular flexibility index (Phi) is 7.07. The summed E-state index contributed by atoms with van der Waals surface area (Å²) in [6.45, 7) is 2.74. The van der Waals surface area contributed by atoms with Gasteiger partial charge in [0.1, 0.15) is 5.75 Å². The quantitative estimate of drug-likeness (QED) is 0.472. The van der Waals surface area contributed by atoms with Gasteiger partial charge in [0.05, 0.1) is 38.0 Å². The molecule has 2 atom stereocenters. The highest BCUT2D eigenvalue weighted by Gasteiger charge is 2.37. The molecule has 2 N–H and O–H groups in total. The Morgan fingerprint density at radius 3 is 2.73 bits per heavy atom. The maximum absolute atomic E-state index is 12.9. The van der Waals surface area contributed by atoms with Gasteiger partial charge in [-0.15, -0.1) is 0 Å². The summed E-state index contributed by atoms with van der Waals surface area (Å²) >= 11 is 6.00. The van der Waals surface area contributed by atoms with Crippen molar-refractivity contribution in [2.45, 2.75) is 25.5 Å². The minimum atomic E-state index is -0.438. The normalized spacial score (nSPS) is 19.8. The topological polar surface area (TPSA) is 94.3 Å². The zero-order valence-electron chi connectivity index (χ0n) is 15.1. The second-order valence-electron chi connectivity index (χ2n) is 5.83. The number of hydrogen-bond donors (Lipinski definition) is 1. The van der Waals surface area contributed by atoms with Crippen LogP contribution in [-0.4, -0.2) is 68.0 Å². The highest BCUT2D eigenvalue weighted by Crippen LogP contribution is 2.26. The Hall–Kier alpha value is -2.03. The molecule has 0 aromatic heterocycles. The molecular weight excluding hydrogens is 362 g/mol. The SMILES string of the molecule is CCOC(=O)N1CC[C@H](N(N)C(=O)c2cc(Cl)ccc2OC)[C@H](OC)C1. The first kappa shape index (κ1) is 20.3. The van der Waals surface area contributed by atoms with Gasteiger partial charge in [0, 0.05) is 18.7 Å². The van der Waals surface area contributed by atoms with E-state index in [0.29, 0.717) is 30.3 Å². The molecule has 0 unspecified atom stereocenters. The molecule has 2 rings (SSSR count). The van der Waals surface area contributed by atoms with Gasteiger partial charge in [-0.25, -0.2) is 10.6 Å². The fourth-order valence-electron chi connectivity index (χ4n) is 2.97. The van der Waals surface area contributed by atoms with E-state index in [-0.39, 0.29) is 12.1 Å². The van der Waals surface area contributed by atoms with E-state index in [4.69, 9.17) is 31.7 Å². The predicted molar refractivity (Wildman–Crippen MR) is 96.2 cm³/mol. The number of hydrazine groups is 1. The number of carbonyl (C=O) groups is 2. The highest BCUT2D eigenvalue weighted by molar-refractivity contribution is 6.31. The molecule has 1 saturated heterocycles. The van der Waals surface area contributed by atoms with Crippen molar-refractivity contribution in [1.29, 1.82) is 0 Å². The van der Waals surface area contributed by atoms with Crippen molar-refractivity contribution in [2.24, 2.45) is 5.84 Å². The van der Waals surface area contributed by atoms with Crippen LogP contribution in [0.3, 0.4) is 0 Å². The third-order valence-electron chi connectivity index (χ3n) is 4.34. The van der Waals surface area contributed by atoms with Crippen molar-refractivity contribution in [1.82, 2.24) is 9.91 Å². The number of ether oxygens (including phenoxy) is 3. The van der Waals surface area contributed by atoms with Crippen molar-refractivity contribution in [3.05, 3.63) is 28.8 Å². The van der Waals surface area contributed by atoms with E-state index < -0.39 is 24.1 Å². The van der Waals surface area contributed by atoms with Crippen molar-refractivity contribution in [3.63, 3.8) is 0 Å². The lowest BCUT2D eigenvalue weighted by atomic mass is 10.0. The Bertz CT molecular complexity index is 657. The third-order valence-corrected chi connectivity index (χ3v) is 4.57. The number of methoxy groups -OCH3 is 2. The van der Waals surface area contributed by atoms with E-state index in [9.17, 15) is 9.59 Å². The van der Waals surface area contributed by atoms with Gasteiger partial charge >= 0.3 is 6.09 Å². The summed E-state index contributed by atoms with van der Waals surface area (Å²) in [4.78, 5) is 26.3. The largest absolute Gasteiger partial charge is 0.496 e. The maximum atomic E-state index is 12.9. The maximum Gasteiger partial charge on any atom is 0.409 e. The average Bonchev–Trinajstić information content (AvgIpc) is 2.66. The molecule has 1 aromatic rings. The Morgan fingerprint density at radius 2 is 2.12 bits per heavy atom. The lowest BCUT2D eigenvalue weighted by Crippen LogP contribution is -2.59. The number of halogens is 1. The van der Waals surface area contributed by atoms with Crippen LogP contribution in [0.2, 0.25) is 5.02 Å². The fourth-order valence-corrected chi connectivity index (χ4v) is 3.14. The van der Waals surface area contributed by atoms with E-state index in [1.54, 1.807) is 24.0 Å². The summed E-state index contributed by atoms with van der Waals surface area (Å²) in [6.07, 6.45) is -0.380. The summed E-state index contributed by atoms with van der Waals surface area (Å²) < 4.78 is 15.7. The van der Waals surface area contributed by atoms with Crippen LogP contribution in [0.1, 0.15) is 23.7 Å². The zero-order chi connectivity index (χ0) is 19.3. The summed E-state index contributed by atoms with van der Waals surface area (Å²) in [5, 5.41) is 1.54. The van der Waals surface area contributed by atoms with Crippen LogP contribution in [0.25, 0.3) is 0 Å². The number of benzene rings is 1. The molecule has 1 heterocycles. The van der Waals surface area contributed by atoms with Gasteiger partial charge in [-0.1, -0.05) is 11.6 Å². The van der Waals surface area contributed by atoms with Gasteiger partial charge in [0.15, 0.2) is 0 Å². The molecule has 0 spiro atoms. The monoisotopic (exact) mass is 385 g/mol. The van der Waals surface area contributed by atoms with Gasteiger partial charge in [-0.3, -0.25) is 9.80 Å². The number of amides is 2. The molecule has 8 nitrogen and oxygen atoms in total. The Labute approximate surface area is 157 Å². The molecule has 144 valence electrons. The van der Waals surface area contributed by atoms with E-state index in [1.165, 1.54) is 20.3 Å². The van der Waals surface area contributed by atoms with Crippen LogP contribution in [0.4, 0.5) is 4.79 Å². The molecule has 9 heteroatoms. The van der Waals surface area contributed by atoms with Crippen molar-refractivity contribution >= 4 is 23.6 Å². The van der Waals surface area contributed by atoms with E-state index >= 15 is 0 Å². The van der Waals surface area contributed by atoms with E-state index in [0.717, 1.165) is 5.01 Å². The first-order chi connectivity index (χ1) is 12.4. The smallest absolute Gasteiger partial charge is 0.409 e. The molecule has 1 aliphatic rings. The van der Waals surface area contributed by atoms with Gasteiger partial charge in [0.2, 0.25) is 0 Å². The highest BCUT2D eigenvalue weighted by atomic mass is 35.5. The number of hydrogen-bond acceptors (Lipinski definition) is 6. The van der Waals surface area contributed by atoms with Crippen LogP contribution in [-0.2, 0) is 9.47 Å². The van der Waals surface area contributed by atoms with E-state index in [1.807, 2.05) is 0 Å². The average molecular weight is 386 g/mol. The van der Waals surface area contributed by atoms with E-state index in [2.05, 4.69) is 0 Å². The zero-order valence-corrected chi connectivity index (χ0v) is 15.9. The second kappa shape index (κ2) is 9.07. The first-order valence-electron chi connectivity index (χ1n) is 8.29. The number of likely N-dealkylation sites (tertiary alicyclic amines) is 1. The summed E-state index contributed by atoms with van der Waals surface area (Å²) in [5.74, 6) is 6.07. The molecule has 0 bridgehead atoms. The van der Waals surface area contributed by atoms with Crippen molar-refractivity contribution in [2.75, 3.05) is 33.9 Å². The Morgan fingerprint density at radius 1 is 1.38 bits per heavy atom. The van der Waals surface area contributed by atoms with Crippen LogP contribution >= 0.6 is 11.6 Å². The summed E-state index contributed by atoms with van der Waals surface area (Å²) in [6, 6.07) is 4.36. The third kappa shape index (κ3) is 4.38. The van der Waals surface area contributed by atoms with Crippen molar-refractivity contribution in [3.8, 4) is 5.75 Å². The van der Waals surface area contributed by atoms with Gasteiger partial charge in [0.25, 0.3) is 5.91 Å². The molecule has 1 fully saturated rings.